The number of nitrogens with zero attached hydrogens (tertiary/aromatic N) is 3. The average Bonchev–Trinajstić information content (AvgIpc) is 3.06. The Morgan fingerprint density at radius 2 is 2.08 bits per heavy atom. The van der Waals surface area contributed by atoms with E-state index < -0.39 is 0 Å². The van der Waals surface area contributed by atoms with Crippen molar-refractivity contribution in [2.24, 2.45) is 15.4 Å². The number of nitrogens with one attached hydrogen (secondary N) is 2. The number of hydrogen-bond donors (Lipinski definition) is 2. The first kappa shape index (κ1) is 18.1. The zero-order chi connectivity index (χ0) is 17.9. The second kappa shape index (κ2) is 7.65. The molecular weight excluding hydrogens is 330 g/mol. The van der Waals surface area contributed by atoms with Gasteiger partial charge in [-0.15, -0.1) is 0 Å². The number of nitriles is 1. The Balaban J connectivity index is 1.74. The van der Waals surface area contributed by atoms with E-state index in [2.05, 4.69) is 52.9 Å². The van der Waals surface area contributed by atoms with Crippen LogP contribution in [0.4, 0.5) is 0 Å². The van der Waals surface area contributed by atoms with E-state index in [0.717, 1.165) is 16.3 Å². The van der Waals surface area contributed by atoms with E-state index >= 15 is 0 Å². The van der Waals surface area contributed by atoms with Crippen molar-refractivity contribution < 1.29 is 0 Å². The number of rotatable bonds is 2. The molecule has 0 aromatic rings. The van der Waals surface area contributed by atoms with Crippen molar-refractivity contribution in [3.05, 3.63) is 21.7 Å². The number of aliphatic imine (C=N–C) groups is 2. The van der Waals surface area contributed by atoms with Gasteiger partial charge in [0.15, 0.2) is 0 Å². The van der Waals surface area contributed by atoms with Gasteiger partial charge in [0, 0.05) is 22.7 Å². The highest BCUT2D eigenvalue weighted by Gasteiger charge is 2.27. The van der Waals surface area contributed by atoms with Crippen LogP contribution in [0.15, 0.2) is 31.7 Å². The molecule has 0 atom stereocenters. The van der Waals surface area contributed by atoms with E-state index in [1.165, 1.54) is 37.8 Å². The normalized spacial score (nSPS) is 24.8. The average molecular weight is 358 g/mol. The summed E-state index contributed by atoms with van der Waals surface area (Å²) in [6.07, 6.45) is 6.57. The van der Waals surface area contributed by atoms with Crippen molar-refractivity contribution >= 4 is 23.4 Å². The summed E-state index contributed by atoms with van der Waals surface area (Å²) in [6, 6.07) is 2.73. The Kier molecular flexibility index (Phi) is 5.53. The Labute approximate surface area is 154 Å². The van der Waals surface area contributed by atoms with Gasteiger partial charge in [0.25, 0.3) is 0 Å². The summed E-state index contributed by atoms with van der Waals surface area (Å²) in [5.41, 5.74) is 3.17. The van der Waals surface area contributed by atoms with Crippen molar-refractivity contribution in [1.82, 2.24) is 10.6 Å². The van der Waals surface area contributed by atoms with E-state index in [1.54, 1.807) is 11.8 Å². The molecule has 3 rings (SSSR count). The minimum atomic E-state index is 0.0769. The highest BCUT2D eigenvalue weighted by molar-refractivity contribution is 8.06. The summed E-state index contributed by atoms with van der Waals surface area (Å²) in [6.45, 7) is 7.15. The minimum Gasteiger partial charge on any atom is -0.352 e. The Hall–Kier alpha value is -1.74. The molecule has 134 valence electrons. The van der Waals surface area contributed by atoms with E-state index in [0.29, 0.717) is 25.0 Å². The van der Waals surface area contributed by atoms with Gasteiger partial charge in [-0.25, -0.2) is 9.98 Å². The molecule has 0 saturated heterocycles. The molecule has 0 spiro atoms. The third-order valence-electron chi connectivity index (χ3n) is 4.79. The van der Waals surface area contributed by atoms with Gasteiger partial charge in [0.2, 0.25) is 5.96 Å². The smallest absolute Gasteiger partial charge is 0.218 e. The molecular formula is C19H27N5S. The Morgan fingerprint density at radius 1 is 1.32 bits per heavy atom. The fourth-order valence-corrected chi connectivity index (χ4v) is 4.36. The number of hydrogen-bond acceptors (Lipinski definition) is 6. The molecule has 25 heavy (non-hydrogen) atoms. The molecule has 0 radical (unpaired) electrons. The highest BCUT2D eigenvalue weighted by Crippen LogP contribution is 2.36. The third kappa shape index (κ3) is 4.46. The van der Waals surface area contributed by atoms with Gasteiger partial charge in [0.1, 0.15) is 0 Å². The van der Waals surface area contributed by atoms with Crippen molar-refractivity contribution in [3.63, 3.8) is 0 Å². The number of thioether (sulfide) groups is 1. The first-order chi connectivity index (χ1) is 12.0. The largest absolute Gasteiger partial charge is 0.352 e. The molecule has 1 aliphatic carbocycles. The van der Waals surface area contributed by atoms with Crippen LogP contribution in [-0.2, 0) is 0 Å². The van der Waals surface area contributed by atoms with Gasteiger partial charge in [0.05, 0.1) is 29.8 Å². The lowest BCUT2D eigenvalue weighted by molar-refractivity contribution is 0.412. The predicted molar refractivity (Wildman–Crippen MR) is 105 cm³/mol. The molecule has 6 heteroatoms. The summed E-state index contributed by atoms with van der Waals surface area (Å²) in [7, 11) is 0. The maximum atomic E-state index is 9.21. The van der Waals surface area contributed by atoms with Crippen LogP contribution in [0.5, 0.6) is 0 Å². The van der Waals surface area contributed by atoms with E-state index in [-0.39, 0.29) is 5.41 Å². The zero-order valence-corrected chi connectivity index (χ0v) is 16.2. The molecule has 5 nitrogen and oxygen atoms in total. The highest BCUT2D eigenvalue weighted by atomic mass is 32.2. The maximum absolute atomic E-state index is 9.21. The molecule has 0 bridgehead atoms. The molecule has 0 unspecified atom stereocenters. The fraction of sp³-hybridized carbons (Fsp3) is 0.632. The van der Waals surface area contributed by atoms with Crippen LogP contribution in [0.2, 0.25) is 0 Å². The summed E-state index contributed by atoms with van der Waals surface area (Å²) < 4.78 is 0. The van der Waals surface area contributed by atoms with E-state index in [1.807, 2.05) is 0 Å². The van der Waals surface area contributed by atoms with Gasteiger partial charge in [-0.2, -0.15) is 5.26 Å². The topological polar surface area (TPSA) is 72.6 Å². The summed E-state index contributed by atoms with van der Waals surface area (Å²) in [4.78, 5) is 9.32. The fourth-order valence-electron chi connectivity index (χ4n) is 3.22. The quantitative estimate of drug-likeness (QED) is 0.781. The molecule has 2 heterocycles. The summed E-state index contributed by atoms with van der Waals surface area (Å²) in [5, 5.41) is 19.4. The molecule has 3 aliphatic rings. The maximum Gasteiger partial charge on any atom is 0.218 e. The van der Waals surface area contributed by atoms with Gasteiger partial charge in [-0.3, -0.25) is 0 Å². The van der Waals surface area contributed by atoms with E-state index in [4.69, 9.17) is 0 Å². The minimum absolute atomic E-state index is 0.0769. The van der Waals surface area contributed by atoms with Crippen molar-refractivity contribution in [3.8, 4) is 6.07 Å². The number of guanidine groups is 1. The van der Waals surface area contributed by atoms with Crippen LogP contribution in [-0.4, -0.2) is 24.3 Å². The van der Waals surface area contributed by atoms with Crippen LogP contribution in [0.1, 0.15) is 59.3 Å². The Bertz CT molecular complexity index is 682. The van der Waals surface area contributed by atoms with Crippen LogP contribution in [0.3, 0.4) is 0 Å². The Morgan fingerprint density at radius 3 is 2.72 bits per heavy atom. The SMILES string of the molecule is CC(C)(C)C1=CSC(=C2CN=C(NC3CCCCC3)N=C2CC#N)N1. The predicted octanol–water partition coefficient (Wildman–Crippen LogP) is 4.07. The standard InChI is InChI=1S/C19H27N5S/c1-19(2,3)16-12-25-17(24-16)14-11-21-18(23-15(14)9-10-20)22-13-7-5-4-6-8-13/h12-13,24H,4-9,11H2,1-3H3,(H,21,22). The first-order valence-electron chi connectivity index (χ1n) is 9.10. The second-order valence-electron chi connectivity index (χ2n) is 7.84. The van der Waals surface area contributed by atoms with Gasteiger partial charge < -0.3 is 10.6 Å². The van der Waals surface area contributed by atoms with Crippen LogP contribution < -0.4 is 10.6 Å². The molecule has 0 aromatic carbocycles. The lowest BCUT2D eigenvalue weighted by atomic mass is 9.93. The molecule has 1 fully saturated rings. The molecule has 1 saturated carbocycles. The second-order valence-corrected chi connectivity index (χ2v) is 8.72. The van der Waals surface area contributed by atoms with Crippen molar-refractivity contribution in [1.29, 1.82) is 5.26 Å². The van der Waals surface area contributed by atoms with Crippen molar-refractivity contribution in [2.75, 3.05) is 6.54 Å². The molecule has 0 amide bonds. The van der Waals surface area contributed by atoms with Gasteiger partial charge in [-0.1, -0.05) is 51.8 Å². The third-order valence-corrected chi connectivity index (χ3v) is 5.72. The zero-order valence-electron chi connectivity index (χ0n) is 15.4. The summed E-state index contributed by atoms with van der Waals surface area (Å²) >= 11 is 1.68. The van der Waals surface area contributed by atoms with Crippen molar-refractivity contribution in [2.45, 2.75) is 65.3 Å². The van der Waals surface area contributed by atoms with Gasteiger partial charge in [-0.05, 0) is 18.2 Å². The van der Waals surface area contributed by atoms with Gasteiger partial charge >= 0.3 is 0 Å². The lowest BCUT2D eigenvalue weighted by Crippen LogP contribution is -2.37. The molecule has 2 aliphatic heterocycles. The van der Waals surface area contributed by atoms with Crippen LogP contribution >= 0.6 is 11.8 Å². The van der Waals surface area contributed by atoms with Crippen LogP contribution in [0.25, 0.3) is 0 Å². The lowest BCUT2D eigenvalue weighted by Gasteiger charge is -2.25. The number of allylic oxidation sites excluding steroid dienone is 1. The first-order valence-corrected chi connectivity index (χ1v) is 9.98. The molecule has 0 aromatic heterocycles. The summed E-state index contributed by atoms with van der Waals surface area (Å²) in [5.74, 6) is 0.702. The monoisotopic (exact) mass is 357 g/mol. The van der Waals surface area contributed by atoms with Crippen LogP contribution in [0, 0.1) is 16.7 Å². The van der Waals surface area contributed by atoms with E-state index in [9.17, 15) is 5.26 Å². The molecule has 2 N–H and O–H groups in total.